The third kappa shape index (κ3) is 1.14. The molecule has 0 aliphatic carbocycles. The summed E-state index contributed by atoms with van der Waals surface area (Å²) < 4.78 is 0. The number of likely N-dealkylation sites (tertiary alicyclic amines) is 1. The molecule has 58 valence electrons. The van der Waals surface area contributed by atoms with E-state index in [4.69, 9.17) is 0 Å². The van der Waals surface area contributed by atoms with Crippen LogP contribution in [0.1, 0.15) is 20.3 Å². The molecular weight excluding hydrogens is 130 g/mol. The van der Waals surface area contributed by atoms with Crippen molar-refractivity contribution in [2.45, 2.75) is 32.4 Å². The lowest BCUT2D eigenvalue weighted by molar-refractivity contribution is -0.130. The van der Waals surface area contributed by atoms with Gasteiger partial charge in [-0.25, -0.2) is 0 Å². The SMILES string of the molecule is CC(=O)N1CC[C@@H](O)[C@@H]1C. The van der Waals surface area contributed by atoms with Gasteiger partial charge in [-0.15, -0.1) is 0 Å². The Morgan fingerprint density at radius 2 is 2.30 bits per heavy atom. The molecule has 0 aromatic carbocycles. The van der Waals surface area contributed by atoms with E-state index in [9.17, 15) is 9.90 Å². The summed E-state index contributed by atoms with van der Waals surface area (Å²) in [6.45, 7) is 4.12. The average Bonchev–Trinajstić information content (AvgIpc) is 2.14. The highest BCUT2D eigenvalue weighted by atomic mass is 16.3. The minimum absolute atomic E-state index is 0.0116. The van der Waals surface area contributed by atoms with E-state index >= 15 is 0 Å². The summed E-state index contributed by atoms with van der Waals surface area (Å²) in [4.78, 5) is 12.5. The summed E-state index contributed by atoms with van der Waals surface area (Å²) in [7, 11) is 0. The van der Waals surface area contributed by atoms with Gasteiger partial charge < -0.3 is 10.0 Å². The Bertz CT molecular complexity index is 147. The zero-order valence-corrected chi connectivity index (χ0v) is 6.37. The first-order valence-electron chi connectivity index (χ1n) is 3.58. The van der Waals surface area contributed by atoms with Crippen molar-refractivity contribution in [3.63, 3.8) is 0 Å². The first kappa shape index (κ1) is 7.54. The third-order valence-corrected chi connectivity index (χ3v) is 2.12. The molecule has 3 nitrogen and oxygen atoms in total. The van der Waals surface area contributed by atoms with E-state index in [1.54, 1.807) is 4.90 Å². The second kappa shape index (κ2) is 2.58. The van der Waals surface area contributed by atoms with Gasteiger partial charge in [0.2, 0.25) is 5.91 Å². The smallest absolute Gasteiger partial charge is 0.219 e. The summed E-state index contributed by atoms with van der Waals surface area (Å²) in [5, 5.41) is 9.22. The maximum absolute atomic E-state index is 10.8. The minimum atomic E-state index is -0.316. The number of hydrogen-bond acceptors (Lipinski definition) is 2. The summed E-state index contributed by atoms with van der Waals surface area (Å²) in [6, 6.07) is 0.0116. The Morgan fingerprint density at radius 3 is 2.50 bits per heavy atom. The number of rotatable bonds is 0. The largest absolute Gasteiger partial charge is 0.391 e. The van der Waals surface area contributed by atoms with Crippen LogP contribution in [0.3, 0.4) is 0 Å². The standard InChI is InChI=1S/C7H13NO2/c1-5-7(10)3-4-8(5)6(2)9/h5,7,10H,3-4H2,1-2H3/t5-,7+/m0/s1. The van der Waals surface area contributed by atoms with Crippen LogP contribution in [0.4, 0.5) is 0 Å². The second-order valence-corrected chi connectivity index (χ2v) is 2.81. The summed E-state index contributed by atoms with van der Waals surface area (Å²) in [6.07, 6.45) is 0.407. The number of hydrogen-bond donors (Lipinski definition) is 1. The second-order valence-electron chi connectivity index (χ2n) is 2.81. The zero-order chi connectivity index (χ0) is 7.72. The maximum Gasteiger partial charge on any atom is 0.219 e. The molecule has 10 heavy (non-hydrogen) atoms. The highest BCUT2D eigenvalue weighted by Crippen LogP contribution is 2.16. The number of nitrogens with zero attached hydrogens (tertiary/aromatic N) is 1. The number of carbonyl (C=O) groups is 1. The van der Waals surface area contributed by atoms with Crippen LogP contribution in [0.2, 0.25) is 0 Å². The third-order valence-electron chi connectivity index (χ3n) is 2.12. The van der Waals surface area contributed by atoms with Crippen LogP contribution in [0.15, 0.2) is 0 Å². The lowest BCUT2D eigenvalue weighted by Gasteiger charge is -2.20. The normalized spacial score (nSPS) is 32.9. The van der Waals surface area contributed by atoms with Crippen molar-refractivity contribution in [3.05, 3.63) is 0 Å². The molecule has 1 amide bonds. The summed E-state index contributed by atoms with van der Waals surface area (Å²) in [5.74, 6) is 0.0593. The topological polar surface area (TPSA) is 40.5 Å². The van der Waals surface area contributed by atoms with Crippen molar-refractivity contribution in [1.29, 1.82) is 0 Å². The number of aliphatic hydroxyl groups is 1. The van der Waals surface area contributed by atoms with Crippen molar-refractivity contribution in [2.75, 3.05) is 6.54 Å². The minimum Gasteiger partial charge on any atom is -0.391 e. The molecule has 1 aliphatic rings. The van der Waals surface area contributed by atoms with Gasteiger partial charge in [-0.3, -0.25) is 4.79 Å². The van der Waals surface area contributed by atoms with Crippen LogP contribution in [0.5, 0.6) is 0 Å². The van der Waals surface area contributed by atoms with E-state index in [0.29, 0.717) is 6.54 Å². The molecule has 0 unspecified atom stereocenters. The van der Waals surface area contributed by atoms with Crippen molar-refractivity contribution < 1.29 is 9.90 Å². The van der Waals surface area contributed by atoms with Crippen molar-refractivity contribution in [2.24, 2.45) is 0 Å². The molecule has 0 spiro atoms. The molecule has 0 aromatic rings. The Kier molecular flexibility index (Phi) is 1.94. The van der Waals surface area contributed by atoms with E-state index in [1.807, 2.05) is 6.92 Å². The number of aliphatic hydroxyl groups excluding tert-OH is 1. The van der Waals surface area contributed by atoms with Gasteiger partial charge in [-0.2, -0.15) is 0 Å². The number of amides is 1. The van der Waals surface area contributed by atoms with Gasteiger partial charge in [0.15, 0.2) is 0 Å². The first-order chi connectivity index (χ1) is 4.63. The molecule has 0 radical (unpaired) electrons. The molecular formula is C7H13NO2. The van der Waals surface area contributed by atoms with Crippen LogP contribution < -0.4 is 0 Å². The van der Waals surface area contributed by atoms with Gasteiger partial charge in [-0.1, -0.05) is 0 Å². The Balaban J connectivity index is 2.57. The van der Waals surface area contributed by atoms with E-state index in [0.717, 1.165) is 6.42 Å². The zero-order valence-electron chi connectivity index (χ0n) is 6.37. The van der Waals surface area contributed by atoms with E-state index < -0.39 is 0 Å². The summed E-state index contributed by atoms with van der Waals surface area (Å²) >= 11 is 0. The molecule has 2 atom stereocenters. The molecule has 1 saturated heterocycles. The van der Waals surface area contributed by atoms with Crippen LogP contribution >= 0.6 is 0 Å². The Morgan fingerprint density at radius 1 is 1.70 bits per heavy atom. The van der Waals surface area contributed by atoms with Gasteiger partial charge in [-0.05, 0) is 13.3 Å². The van der Waals surface area contributed by atoms with Crippen molar-refractivity contribution in [3.8, 4) is 0 Å². The van der Waals surface area contributed by atoms with E-state index in [2.05, 4.69) is 0 Å². The predicted octanol–water partition coefficient (Wildman–Crippen LogP) is -0.0120. The van der Waals surface area contributed by atoms with Crippen LogP contribution in [-0.2, 0) is 4.79 Å². The van der Waals surface area contributed by atoms with Gasteiger partial charge in [0.1, 0.15) is 0 Å². The predicted molar refractivity (Wildman–Crippen MR) is 37.5 cm³/mol. The Labute approximate surface area is 60.6 Å². The molecule has 0 aromatic heterocycles. The van der Waals surface area contributed by atoms with Crippen LogP contribution in [0.25, 0.3) is 0 Å². The summed E-state index contributed by atoms with van der Waals surface area (Å²) in [5.41, 5.74) is 0. The van der Waals surface area contributed by atoms with Crippen LogP contribution in [-0.4, -0.2) is 34.6 Å². The van der Waals surface area contributed by atoms with Gasteiger partial charge in [0.25, 0.3) is 0 Å². The first-order valence-corrected chi connectivity index (χ1v) is 3.58. The van der Waals surface area contributed by atoms with Crippen molar-refractivity contribution in [1.82, 2.24) is 4.90 Å². The molecule has 3 heteroatoms. The maximum atomic E-state index is 10.8. The highest BCUT2D eigenvalue weighted by Gasteiger charge is 2.30. The van der Waals surface area contributed by atoms with E-state index in [1.165, 1.54) is 6.92 Å². The highest BCUT2D eigenvalue weighted by molar-refractivity contribution is 5.73. The average molecular weight is 143 g/mol. The molecule has 1 heterocycles. The fourth-order valence-corrected chi connectivity index (χ4v) is 1.37. The lowest BCUT2D eigenvalue weighted by atomic mass is 10.2. The molecule has 1 rings (SSSR count). The fourth-order valence-electron chi connectivity index (χ4n) is 1.37. The van der Waals surface area contributed by atoms with Gasteiger partial charge >= 0.3 is 0 Å². The fraction of sp³-hybridized carbons (Fsp3) is 0.857. The number of carbonyl (C=O) groups excluding carboxylic acids is 1. The van der Waals surface area contributed by atoms with Gasteiger partial charge in [0, 0.05) is 13.5 Å². The van der Waals surface area contributed by atoms with Gasteiger partial charge in [0.05, 0.1) is 12.1 Å². The molecule has 1 aliphatic heterocycles. The van der Waals surface area contributed by atoms with E-state index in [-0.39, 0.29) is 18.1 Å². The Hall–Kier alpha value is -0.570. The quantitative estimate of drug-likeness (QED) is 0.518. The van der Waals surface area contributed by atoms with Crippen LogP contribution in [0, 0.1) is 0 Å². The molecule has 1 fully saturated rings. The van der Waals surface area contributed by atoms with Crippen molar-refractivity contribution >= 4 is 5.91 Å². The molecule has 0 saturated carbocycles. The lowest BCUT2D eigenvalue weighted by Crippen LogP contribution is -2.35. The molecule has 1 N–H and O–H groups in total. The monoisotopic (exact) mass is 143 g/mol. The molecule has 0 bridgehead atoms.